The van der Waals surface area contributed by atoms with Gasteiger partial charge in [0.15, 0.2) is 0 Å². The number of nitrogens with zero attached hydrogens (tertiary/aromatic N) is 3. The molecule has 4 rings (SSSR count). The third kappa shape index (κ3) is 3.35. The number of rotatable bonds is 5. The summed E-state index contributed by atoms with van der Waals surface area (Å²) in [6.07, 6.45) is 1.10. The van der Waals surface area contributed by atoms with Crippen LogP contribution in [0.5, 0.6) is 5.75 Å². The van der Waals surface area contributed by atoms with E-state index >= 15 is 0 Å². The van der Waals surface area contributed by atoms with Crippen molar-refractivity contribution in [1.29, 1.82) is 0 Å². The fraction of sp³-hybridized carbons (Fsp3) is 0.333. The van der Waals surface area contributed by atoms with Crippen LogP contribution in [0.3, 0.4) is 0 Å². The normalized spacial score (nSPS) is 20.4. The minimum Gasteiger partial charge on any atom is -0.497 e. The quantitative estimate of drug-likeness (QED) is 0.693. The molecule has 26 heavy (non-hydrogen) atoms. The Morgan fingerprint density at radius 3 is 2.62 bits per heavy atom. The second-order valence-electron chi connectivity index (χ2n) is 6.71. The Kier molecular flexibility index (Phi) is 4.71. The molecule has 2 atom stereocenters. The lowest BCUT2D eigenvalue weighted by atomic mass is 9.87. The number of benzene rings is 2. The maximum absolute atomic E-state index is 5.63. The molecule has 1 aliphatic rings. The van der Waals surface area contributed by atoms with Gasteiger partial charge in [-0.1, -0.05) is 42.5 Å². The predicted octanol–water partition coefficient (Wildman–Crippen LogP) is 4.12. The first kappa shape index (κ1) is 16.8. The summed E-state index contributed by atoms with van der Waals surface area (Å²) in [5.74, 6) is 2.59. The number of aromatic nitrogens is 2. The predicted molar refractivity (Wildman–Crippen MR) is 99.0 cm³/mol. The average Bonchev–Trinajstić information content (AvgIpc) is 3.29. The largest absolute Gasteiger partial charge is 0.497 e. The second kappa shape index (κ2) is 7.30. The highest BCUT2D eigenvalue weighted by atomic mass is 16.5. The minimum atomic E-state index is 0.250. The summed E-state index contributed by atoms with van der Waals surface area (Å²) in [6, 6.07) is 19.3. The molecule has 0 saturated carbocycles. The standard InChI is InChI=1S/C21H23N3O2/c1-15-22-23-20(26-15)14-24-12-11-19(16-7-4-3-5-8-16)21(24)17-9-6-10-18(13-17)25-2/h3-10,13,19,21H,11-12,14H2,1-2H3/t19-,21+/m0/s1. The van der Waals surface area contributed by atoms with Crippen molar-refractivity contribution in [2.24, 2.45) is 0 Å². The van der Waals surface area contributed by atoms with Gasteiger partial charge in [-0.3, -0.25) is 4.90 Å². The molecule has 0 N–H and O–H groups in total. The highest BCUT2D eigenvalue weighted by molar-refractivity contribution is 5.35. The van der Waals surface area contributed by atoms with E-state index in [9.17, 15) is 0 Å². The number of likely N-dealkylation sites (tertiary alicyclic amines) is 1. The van der Waals surface area contributed by atoms with Crippen molar-refractivity contribution < 1.29 is 9.15 Å². The van der Waals surface area contributed by atoms with E-state index in [0.717, 1.165) is 18.7 Å². The van der Waals surface area contributed by atoms with Gasteiger partial charge >= 0.3 is 0 Å². The van der Waals surface area contributed by atoms with Crippen molar-refractivity contribution in [3.05, 3.63) is 77.5 Å². The van der Waals surface area contributed by atoms with Crippen molar-refractivity contribution in [2.45, 2.75) is 31.8 Å². The molecule has 1 saturated heterocycles. The van der Waals surface area contributed by atoms with E-state index in [4.69, 9.17) is 9.15 Å². The summed E-state index contributed by atoms with van der Waals surface area (Å²) in [7, 11) is 1.71. The molecule has 2 heterocycles. The average molecular weight is 349 g/mol. The fourth-order valence-electron chi connectivity index (χ4n) is 3.93. The van der Waals surface area contributed by atoms with Crippen LogP contribution in [0.1, 0.15) is 41.3 Å². The van der Waals surface area contributed by atoms with E-state index in [1.54, 1.807) is 7.11 Å². The molecule has 0 bridgehead atoms. The van der Waals surface area contributed by atoms with Gasteiger partial charge in [0.1, 0.15) is 5.75 Å². The van der Waals surface area contributed by atoms with Crippen LogP contribution < -0.4 is 4.74 Å². The first-order chi connectivity index (χ1) is 12.7. The molecule has 3 aromatic rings. The van der Waals surface area contributed by atoms with Crippen LogP contribution >= 0.6 is 0 Å². The maximum Gasteiger partial charge on any atom is 0.230 e. The lowest BCUT2D eigenvalue weighted by Crippen LogP contribution is -2.25. The molecule has 0 radical (unpaired) electrons. The molecule has 1 aliphatic heterocycles. The molecule has 0 unspecified atom stereocenters. The molecule has 0 amide bonds. The zero-order chi connectivity index (χ0) is 17.9. The Morgan fingerprint density at radius 1 is 1.08 bits per heavy atom. The van der Waals surface area contributed by atoms with Crippen LogP contribution in [0, 0.1) is 6.92 Å². The summed E-state index contributed by atoms with van der Waals surface area (Å²) in [5, 5.41) is 8.15. The van der Waals surface area contributed by atoms with Gasteiger partial charge in [-0.2, -0.15) is 0 Å². The van der Waals surface area contributed by atoms with Crippen molar-refractivity contribution in [1.82, 2.24) is 15.1 Å². The monoisotopic (exact) mass is 349 g/mol. The molecule has 0 aliphatic carbocycles. The Labute approximate surface area is 153 Å². The Balaban J connectivity index is 1.69. The van der Waals surface area contributed by atoms with E-state index in [2.05, 4.69) is 63.6 Å². The SMILES string of the molecule is COc1cccc([C@@H]2[C@H](c3ccccc3)CCN2Cc2nnc(C)o2)c1. The number of hydrogen-bond acceptors (Lipinski definition) is 5. The molecular weight excluding hydrogens is 326 g/mol. The highest BCUT2D eigenvalue weighted by Crippen LogP contribution is 2.44. The zero-order valence-electron chi connectivity index (χ0n) is 15.1. The first-order valence-corrected chi connectivity index (χ1v) is 8.96. The van der Waals surface area contributed by atoms with Crippen LogP contribution in [0.4, 0.5) is 0 Å². The van der Waals surface area contributed by atoms with Crippen molar-refractivity contribution in [3.8, 4) is 5.75 Å². The van der Waals surface area contributed by atoms with Gasteiger partial charge in [-0.15, -0.1) is 10.2 Å². The Hall–Kier alpha value is -2.66. The van der Waals surface area contributed by atoms with Gasteiger partial charge in [0.05, 0.1) is 13.7 Å². The minimum absolute atomic E-state index is 0.250. The number of methoxy groups -OCH3 is 1. The van der Waals surface area contributed by atoms with Crippen LogP contribution in [-0.4, -0.2) is 28.8 Å². The molecule has 2 aromatic carbocycles. The summed E-state index contributed by atoms with van der Waals surface area (Å²) in [6.45, 7) is 3.47. The molecule has 1 fully saturated rings. The van der Waals surface area contributed by atoms with Gasteiger partial charge in [-0.25, -0.2) is 0 Å². The maximum atomic E-state index is 5.63. The smallest absolute Gasteiger partial charge is 0.230 e. The van der Waals surface area contributed by atoms with Gasteiger partial charge < -0.3 is 9.15 Å². The van der Waals surface area contributed by atoms with E-state index in [1.807, 2.05) is 13.0 Å². The van der Waals surface area contributed by atoms with E-state index in [0.29, 0.717) is 24.2 Å². The van der Waals surface area contributed by atoms with E-state index < -0.39 is 0 Å². The molecule has 5 heteroatoms. The first-order valence-electron chi connectivity index (χ1n) is 8.96. The molecular formula is C21H23N3O2. The fourth-order valence-corrected chi connectivity index (χ4v) is 3.93. The second-order valence-corrected chi connectivity index (χ2v) is 6.71. The topological polar surface area (TPSA) is 51.4 Å². The third-order valence-corrected chi connectivity index (χ3v) is 5.07. The van der Waals surface area contributed by atoms with E-state index in [-0.39, 0.29) is 6.04 Å². The summed E-state index contributed by atoms with van der Waals surface area (Å²) < 4.78 is 11.1. The Morgan fingerprint density at radius 2 is 1.88 bits per heavy atom. The van der Waals surface area contributed by atoms with Crippen LogP contribution in [0.25, 0.3) is 0 Å². The number of hydrogen-bond donors (Lipinski definition) is 0. The van der Waals surface area contributed by atoms with Crippen molar-refractivity contribution in [2.75, 3.05) is 13.7 Å². The van der Waals surface area contributed by atoms with E-state index in [1.165, 1.54) is 11.1 Å². The van der Waals surface area contributed by atoms with Crippen LogP contribution in [0.2, 0.25) is 0 Å². The van der Waals surface area contributed by atoms with Gasteiger partial charge in [-0.05, 0) is 36.2 Å². The lowest BCUT2D eigenvalue weighted by molar-refractivity contribution is 0.214. The van der Waals surface area contributed by atoms with Crippen molar-refractivity contribution >= 4 is 0 Å². The number of aryl methyl sites for hydroxylation is 1. The van der Waals surface area contributed by atoms with Gasteiger partial charge in [0, 0.05) is 18.9 Å². The molecule has 1 aromatic heterocycles. The Bertz CT molecular complexity index is 862. The molecule has 5 nitrogen and oxygen atoms in total. The van der Waals surface area contributed by atoms with Gasteiger partial charge in [0.2, 0.25) is 11.8 Å². The summed E-state index contributed by atoms with van der Waals surface area (Å²) >= 11 is 0. The van der Waals surface area contributed by atoms with Gasteiger partial charge in [0.25, 0.3) is 0 Å². The summed E-state index contributed by atoms with van der Waals surface area (Å²) in [5.41, 5.74) is 2.62. The number of ether oxygens (including phenoxy) is 1. The highest BCUT2D eigenvalue weighted by Gasteiger charge is 2.37. The van der Waals surface area contributed by atoms with Crippen LogP contribution in [-0.2, 0) is 6.54 Å². The van der Waals surface area contributed by atoms with Crippen LogP contribution in [0.15, 0.2) is 59.0 Å². The van der Waals surface area contributed by atoms with Crippen molar-refractivity contribution in [3.63, 3.8) is 0 Å². The lowest BCUT2D eigenvalue weighted by Gasteiger charge is -2.28. The zero-order valence-corrected chi connectivity index (χ0v) is 15.1. The third-order valence-electron chi connectivity index (χ3n) is 5.07. The summed E-state index contributed by atoms with van der Waals surface area (Å²) in [4.78, 5) is 2.43. The molecule has 0 spiro atoms. The molecule has 134 valence electrons.